The van der Waals surface area contributed by atoms with Gasteiger partial charge in [0.15, 0.2) is 0 Å². The average molecular weight is 470 g/mol. The maximum atomic E-state index is 13.0. The Morgan fingerprint density at radius 3 is 2.39 bits per heavy atom. The van der Waals surface area contributed by atoms with Crippen molar-refractivity contribution in [2.75, 3.05) is 19.7 Å². The van der Waals surface area contributed by atoms with Crippen LogP contribution in [0, 0.1) is 17.2 Å². The molecule has 1 aliphatic heterocycles. The van der Waals surface area contributed by atoms with Gasteiger partial charge in [-0.25, -0.2) is 13.2 Å². The van der Waals surface area contributed by atoms with Crippen LogP contribution in [0.3, 0.4) is 0 Å². The van der Waals surface area contributed by atoms with Gasteiger partial charge in [0.2, 0.25) is 15.9 Å². The summed E-state index contributed by atoms with van der Waals surface area (Å²) in [5, 5.41) is 12.0. The topological polar surface area (TPSA) is 117 Å². The number of carbonyl (C=O) groups is 2. The van der Waals surface area contributed by atoms with Gasteiger partial charge >= 0.3 is 5.97 Å². The maximum absolute atomic E-state index is 13.0. The van der Waals surface area contributed by atoms with E-state index in [1.807, 2.05) is 36.4 Å². The highest BCUT2D eigenvalue weighted by Crippen LogP contribution is 2.26. The maximum Gasteiger partial charge on any atom is 0.328 e. The molecule has 1 heterocycles. The molecule has 1 aliphatic rings. The minimum Gasteiger partial charge on any atom is -0.464 e. The first kappa shape index (κ1) is 24.4. The van der Waals surface area contributed by atoms with Crippen LogP contribution in [-0.2, 0) is 30.8 Å². The molecule has 0 spiro atoms. The van der Waals surface area contributed by atoms with Crippen LogP contribution in [0.2, 0.25) is 0 Å². The van der Waals surface area contributed by atoms with Gasteiger partial charge in [0.25, 0.3) is 0 Å². The Bertz CT molecular complexity index is 1120. The summed E-state index contributed by atoms with van der Waals surface area (Å²) >= 11 is 0. The zero-order valence-corrected chi connectivity index (χ0v) is 19.3. The van der Waals surface area contributed by atoms with Crippen LogP contribution >= 0.6 is 0 Å². The quantitative estimate of drug-likeness (QED) is 0.593. The first-order chi connectivity index (χ1) is 15.9. The number of nitrogens with one attached hydrogen (secondary N) is 1. The van der Waals surface area contributed by atoms with Crippen LogP contribution in [0.15, 0.2) is 59.5 Å². The highest BCUT2D eigenvalue weighted by Gasteiger charge is 2.34. The third kappa shape index (κ3) is 5.97. The molecule has 1 saturated heterocycles. The Balaban J connectivity index is 1.65. The number of hydrogen-bond acceptors (Lipinski definition) is 6. The standard InChI is InChI=1S/C24H27N3O5S/c1-2-32-24(29)21(16-18-8-4-3-5-9-18)26-23(28)19-12-14-27(15-13-19)33(30,31)22-11-7-6-10-20(22)17-25/h3-11,19,21H,2,12-16H2,1H3,(H,26,28). The monoisotopic (exact) mass is 469 g/mol. The number of nitriles is 1. The summed E-state index contributed by atoms with van der Waals surface area (Å²) in [6.07, 6.45) is 0.949. The minimum absolute atomic E-state index is 0.0272. The van der Waals surface area contributed by atoms with Crippen molar-refractivity contribution in [3.63, 3.8) is 0 Å². The van der Waals surface area contributed by atoms with Crippen LogP contribution in [0.5, 0.6) is 0 Å². The zero-order chi connectivity index (χ0) is 23.8. The third-order valence-corrected chi connectivity index (χ3v) is 7.58. The van der Waals surface area contributed by atoms with Crippen molar-refractivity contribution in [2.45, 2.75) is 37.1 Å². The first-order valence-electron chi connectivity index (χ1n) is 10.9. The molecule has 1 atom stereocenters. The number of benzene rings is 2. The van der Waals surface area contributed by atoms with E-state index < -0.39 is 28.0 Å². The summed E-state index contributed by atoms with van der Waals surface area (Å²) in [6, 6.07) is 16.5. The molecular weight excluding hydrogens is 442 g/mol. The molecule has 0 saturated carbocycles. The van der Waals surface area contributed by atoms with Crippen LogP contribution < -0.4 is 5.32 Å². The SMILES string of the molecule is CCOC(=O)C(Cc1ccccc1)NC(=O)C1CCN(S(=O)(=O)c2ccccc2C#N)CC1. The summed E-state index contributed by atoms with van der Waals surface area (Å²) in [5.74, 6) is -1.21. The van der Waals surface area contributed by atoms with Gasteiger partial charge in [-0.05, 0) is 37.5 Å². The Kier molecular flexibility index (Phi) is 8.20. The molecule has 9 heteroatoms. The van der Waals surface area contributed by atoms with E-state index in [9.17, 15) is 23.3 Å². The molecule has 0 aliphatic carbocycles. The molecule has 33 heavy (non-hydrogen) atoms. The highest BCUT2D eigenvalue weighted by atomic mass is 32.2. The Morgan fingerprint density at radius 1 is 1.12 bits per heavy atom. The van der Waals surface area contributed by atoms with Crippen LogP contribution in [0.1, 0.15) is 30.9 Å². The number of amides is 1. The molecule has 2 aromatic rings. The molecule has 0 radical (unpaired) electrons. The molecule has 1 unspecified atom stereocenters. The summed E-state index contributed by atoms with van der Waals surface area (Å²) in [6.45, 7) is 2.23. The fourth-order valence-electron chi connectivity index (χ4n) is 3.86. The van der Waals surface area contributed by atoms with Crippen molar-refractivity contribution in [2.24, 2.45) is 5.92 Å². The Hall–Kier alpha value is -3.22. The van der Waals surface area contributed by atoms with Crippen molar-refractivity contribution in [3.8, 4) is 6.07 Å². The number of carbonyl (C=O) groups excluding carboxylic acids is 2. The molecule has 8 nitrogen and oxygen atoms in total. The lowest BCUT2D eigenvalue weighted by Gasteiger charge is -2.31. The smallest absolute Gasteiger partial charge is 0.328 e. The van der Waals surface area contributed by atoms with Gasteiger partial charge in [0, 0.05) is 25.4 Å². The largest absolute Gasteiger partial charge is 0.464 e. The summed E-state index contributed by atoms with van der Waals surface area (Å²) in [7, 11) is -3.83. The first-order valence-corrected chi connectivity index (χ1v) is 12.3. The second kappa shape index (κ2) is 11.1. The lowest BCUT2D eigenvalue weighted by atomic mass is 9.96. The average Bonchev–Trinajstić information content (AvgIpc) is 2.84. The summed E-state index contributed by atoms with van der Waals surface area (Å²) in [4.78, 5) is 25.3. The van der Waals surface area contributed by atoms with E-state index in [-0.39, 0.29) is 36.1 Å². The van der Waals surface area contributed by atoms with Gasteiger partial charge in [-0.15, -0.1) is 0 Å². The van der Waals surface area contributed by atoms with E-state index in [4.69, 9.17) is 4.74 Å². The molecule has 0 aromatic heterocycles. The molecular formula is C24H27N3O5S. The lowest BCUT2D eigenvalue weighted by molar-refractivity contribution is -0.148. The second-order valence-corrected chi connectivity index (χ2v) is 9.70. The molecule has 1 fully saturated rings. The van der Waals surface area contributed by atoms with E-state index in [0.717, 1.165) is 5.56 Å². The van der Waals surface area contributed by atoms with Crippen molar-refractivity contribution in [1.29, 1.82) is 5.26 Å². The van der Waals surface area contributed by atoms with Gasteiger partial charge in [-0.3, -0.25) is 4.79 Å². The van der Waals surface area contributed by atoms with Crippen LogP contribution in [-0.4, -0.2) is 50.3 Å². The number of hydrogen-bond donors (Lipinski definition) is 1. The van der Waals surface area contributed by atoms with Gasteiger partial charge in [0.1, 0.15) is 12.1 Å². The number of ether oxygens (including phenoxy) is 1. The van der Waals surface area contributed by atoms with E-state index in [1.54, 1.807) is 19.1 Å². The molecule has 0 bridgehead atoms. The van der Waals surface area contributed by atoms with Gasteiger partial charge < -0.3 is 10.1 Å². The van der Waals surface area contributed by atoms with E-state index in [0.29, 0.717) is 19.3 Å². The zero-order valence-electron chi connectivity index (χ0n) is 18.4. The Morgan fingerprint density at radius 2 is 1.76 bits per heavy atom. The fraction of sp³-hybridized carbons (Fsp3) is 0.375. The second-order valence-electron chi connectivity index (χ2n) is 7.79. The minimum atomic E-state index is -3.83. The normalized spacial score (nSPS) is 15.9. The molecule has 174 valence electrons. The number of piperidine rings is 1. The van der Waals surface area contributed by atoms with Crippen molar-refractivity contribution in [3.05, 3.63) is 65.7 Å². The molecule has 3 rings (SSSR count). The van der Waals surface area contributed by atoms with Crippen molar-refractivity contribution in [1.82, 2.24) is 9.62 Å². The number of nitrogens with zero attached hydrogens (tertiary/aromatic N) is 2. The lowest BCUT2D eigenvalue weighted by Crippen LogP contribution is -2.48. The molecule has 1 amide bonds. The van der Waals surface area contributed by atoms with Gasteiger partial charge in [0.05, 0.1) is 17.1 Å². The van der Waals surface area contributed by atoms with Crippen LogP contribution in [0.4, 0.5) is 0 Å². The predicted octanol–water partition coefficient (Wildman–Crippen LogP) is 2.25. The number of esters is 1. The summed E-state index contributed by atoms with van der Waals surface area (Å²) < 4.78 is 32.4. The van der Waals surface area contributed by atoms with Crippen LogP contribution in [0.25, 0.3) is 0 Å². The van der Waals surface area contributed by atoms with Gasteiger partial charge in [-0.2, -0.15) is 9.57 Å². The summed E-state index contributed by atoms with van der Waals surface area (Å²) in [5.41, 5.74) is 0.989. The van der Waals surface area contributed by atoms with E-state index >= 15 is 0 Å². The fourth-order valence-corrected chi connectivity index (χ4v) is 5.47. The van der Waals surface area contributed by atoms with Gasteiger partial charge in [-0.1, -0.05) is 42.5 Å². The molecule has 2 aromatic carbocycles. The van der Waals surface area contributed by atoms with E-state index in [2.05, 4.69) is 5.32 Å². The predicted molar refractivity (Wildman–Crippen MR) is 121 cm³/mol. The highest BCUT2D eigenvalue weighted by molar-refractivity contribution is 7.89. The van der Waals surface area contributed by atoms with E-state index in [1.165, 1.54) is 16.4 Å². The Labute approximate surface area is 194 Å². The number of rotatable bonds is 8. The third-order valence-electron chi connectivity index (χ3n) is 5.62. The van der Waals surface area contributed by atoms with Crippen molar-refractivity contribution >= 4 is 21.9 Å². The molecule has 1 N–H and O–H groups in total. The van der Waals surface area contributed by atoms with Crippen molar-refractivity contribution < 1.29 is 22.7 Å². The number of sulfonamides is 1.